The number of hydrogen-bond acceptors (Lipinski definition) is 2. The third kappa shape index (κ3) is 4.71. The third-order valence-electron chi connectivity index (χ3n) is 4.73. The van der Waals surface area contributed by atoms with Crippen molar-refractivity contribution in [2.24, 2.45) is 0 Å². The molecule has 150 valence electrons. The second-order valence-corrected chi connectivity index (χ2v) is 8.32. The molecular weight excluding hydrogens is 352 g/mol. The van der Waals surface area contributed by atoms with E-state index in [1.165, 1.54) is 4.90 Å². The van der Waals surface area contributed by atoms with Crippen LogP contribution in [0.4, 0.5) is 10.5 Å². The predicted molar refractivity (Wildman–Crippen MR) is 113 cm³/mol. The molecule has 0 saturated carbocycles. The molecule has 2 aromatic carbocycles. The molecule has 5 nitrogen and oxygen atoms in total. The molecule has 0 spiro atoms. The van der Waals surface area contributed by atoms with Gasteiger partial charge in [-0.25, -0.2) is 4.79 Å². The molecule has 0 saturated heterocycles. The lowest BCUT2D eigenvalue weighted by Crippen LogP contribution is -2.50. The minimum atomic E-state index is -1.13. The van der Waals surface area contributed by atoms with E-state index < -0.39 is 17.7 Å². The molecule has 0 radical (unpaired) electrons. The molecule has 28 heavy (non-hydrogen) atoms. The Morgan fingerprint density at radius 2 is 1.61 bits per heavy atom. The summed E-state index contributed by atoms with van der Waals surface area (Å²) in [5.74, 6) is -0.136. The maximum atomic E-state index is 13.4. The van der Waals surface area contributed by atoms with Crippen molar-refractivity contribution in [2.45, 2.75) is 59.0 Å². The van der Waals surface area contributed by atoms with E-state index >= 15 is 0 Å². The van der Waals surface area contributed by atoms with E-state index in [2.05, 4.69) is 19.2 Å². The third-order valence-corrected chi connectivity index (χ3v) is 4.73. The standard InChI is InChI=1S/C23H30N2O3/c1-15(2)18-14-10-11-16(3)19(18)24-21(26)20(17-12-8-7-9-13-17)25(22(27)28)23(4,5)6/h7-15,20H,1-6H3,(H,24,26)(H,27,28). The Kier molecular flexibility index (Phi) is 6.49. The van der Waals surface area contributed by atoms with Crippen LogP contribution in [0.1, 0.15) is 63.3 Å². The average Bonchev–Trinajstić information content (AvgIpc) is 2.60. The first kappa shape index (κ1) is 21.5. The Balaban J connectivity index is 2.54. The van der Waals surface area contributed by atoms with Crippen LogP contribution in [-0.2, 0) is 4.79 Å². The van der Waals surface area contributed by atoms with Gasteiger partial charge in [-0.15, -0.1) is 0 Å². The van der Waals surface area contributed by atoms with Gasteiger partial charge in [-0.3, -0.25) is 9.69 Å². The number of para-hydroxylation sites is 1. The highest BCUT2D eigenvalue weighted by atomic mass is 16.4. The second kappa shape index (κ2) is 8.46. The summed E-state index contributed by atoms with van der Waals surface area (Å²) in [6.07, 6.45) is -1.13. The molecule has 2 N–H and O–H groups in total. The maximum Gasteiger partial charge on any atom is 0.408 e. The summed E-state index contributed by atoms with van der Waals surface area (Å²) in [5.41, 5.74) is 2.61. The Labute approximate surface area is 167 Å². The summed E-state index contributed by atoms with van der Waals surface area (Å²) in [4.78, 5) is 26.7. The Hall–Kier alpha value is -2.82. The van der Waals surface area contributed by atoms with Gasteiger partial charge in [0.2, 0.25) is 0 Å². The van der Waals surface area contributed by atoms with Crippen LogP contribution in [-0.4, -0.2) is 27.5 Å². The largest absolute Gasteiger partial charge is 0.465 e. The zero-order chi connectivity index (χ0) is 21.1. The number of benzene rings is 2. The topological polar surface area (TPSA) is 69.6 Å². The summed E-state index contributed by atoms with van der Waals surface area (Å²) < 4.78 is 0. The monoisotopic (exact) mass is 382 g/mol. The molecule has 2 aromatic rings. The summed E-state index contributed by atoms with van der Waals surface area (Å²) in [7, 11) is 0. The van der Waals surface area contributed by atoms with Gasteiger partial charge in [-0.1, -0.05) is 62.4 Å². The van der Waals surface area contributed by atoms with E-state index in [9.17, 15) is 14.7 Å². The molecule has 2 amide bonds. The van der Waals surface area contributed by atoms with Crippen molar-refractivity contribution in [1.29, 1.82) is 0 Å². The lowest BCUT2D eigenvalue weighted by atomic mass is 9.95. The van der Waals surface area contributed by atoms with Gasteiger partial charge >= 0.3 is 6.09 Å². The average molecular weight is 383 g/mol. The van der Waals surface area contributed by atoms with E-state index in [0.717, 1.165) is 16.8 Å². The first-order chi connectivity index (χ1) is 13.0. The van der Waals surface area contributed by atoms with Crippen molar-refractivity contribution in [3.63, 3.8) is 0 Å². The fourth-order valence-electron chi connectivity index (χ4n) is 3.37. The van der Waals surface area contributed by atoms with Gasteiger partial charge in [0.05, 0.1) is 0 Å². The number of hydrogen-bond donors (Lipinski definition) is 2. The number of anilines is 1. The summed E-state index contributed by atoms with van der Waals surface area (Å²) in [5, 5.41) is 12.9. The van der Waals surface area contributed by atoms with Crippen LogP contribution >= 0.6 is 0 Å². The minimum Gasteiger partial charge on any atom is -0.465 e. The molecule has 0 aliphatic rings. The van der Waals surface area contributed by atoms with Crippen molar-refractivity contribution >= 4 is 17.7 Å². The lowest BCUT2D eigenvalue weighted by Gasteiger charge is -2.39. The maximum absolute atomic E-state index is 13.4. The molecular formula is C23H30N2O3. The van der Waals surface area contributed by atoms with Crippen LogP contribution in [0.3, 0.4) is 0 Å². The first-order valence-electron chi connectivity index (χ1n) is 9.51. The number of carboxylic acid groups (broad SMARTS) is 1. The van der Waals surface area contributed by atoms with E-state index in [4.69, 9.17) is 0 Å². The number of amides is 2. The number of nitrogens with zero attached hydrogens (tertiary/aromatic N) is 1. The number of rotatable bonds is 5. The minimum absolute atomic E-state index is 0.226. The highest BCUT2D eigenvalue weighted by Gasteiger charge is 2.38. The SMILES string of the molecule is Cc1cccc(C(C)C)c1NC(=O)C(c1ccccc1)N(C(=O)O)C(C)(C)C. The molecule has 0 bridgehead atoms. The molecule has 2 rings (SSSR count). The van der Waals surface area contributed by atoms with Gasteiger partial charge in [0.25, 0.3) is 5.91 Å². The first-order valence-corrected chi connectivity index (χ1v) is 9.51. The normalized spacial score (nSPS) is 12.5. The van der Waals surface area contributed by atoms with Crippen LogP contribution in [0.5, 0.6) is 0 Å². The van der Waals surface area contributed by atoms with E-state index in [0.29, 0.717) is 5.56 Å². The Bertz CT molecular complexity index is 839. The summed E-state index contributed by atoms with van der Waals surface area (Å²) in [6.45, 7) is 11.4. The van der Waals surface area contributed by atoms with Gasteiger partial charge in [-0.05, 0) is 50.3 Å². The smallest absolute Gasteiger partial charge is 0.408 e. The molecule has 1 atom stereocenters. The molecule has 5 heteroatoms. The number of carbonyl (C=O) groups excluding carboxylic acids is 1. The lowest BCUT2D eigenvalue weighted by molar-refractivity contribution is -0.122. The molecule has 0 heterocycles. The number of nitrogens with one attached hydrogen (secondary N) is 1. The molecule has 0 aliphatic carbocycles. The Morgan fingerprint density at radius 1 is 1.00 bits per heavy atom. The van der Waals surface area contributed by atoms with Crippen molar-refractivity contribution < 1.29 is 14.7 Å². The highest BCUT2D eigenvalue weighted by Crippen LogP contribution is 2.32. The Morgan fingerprint density at radius 3 is 2.11 bits per heavy atom. The number of carbonyl (C=O) groups is 2. The molecule has 0 aliphatic heterocycles. The van der Waals surface area contributed by atoms with Crippen LogP contribution in [0, 0.1) is 6.92 Å². The predicted octanol–water partition coefficient (Wildman–Crippen LogP) is 5.58. The number of aryl methyl sites for hydroxylation is 1. The summed E-state index contributed by atoms with van der Waals surface area (Å²) in [6, 6.07) is 14.0. The van der Waals surface area contributed by atoms with E-state index in [1.807, 2.05) is 43.3 Å². The van der Waals surface area contributed by atoms with Gasteiger partial charge in [0, 0.05) is 11.2 Å². The van der Waals surface area contributed by atoms with Crippen LogP contribution in [0.2, 0.25) is 0 Å². The quantitative estimate of drug-likeness (QED) is 0.709. The zero-order valence-corrected chi connectivity index (χ0v) is 17.5. The van der Waals surface area contributed by atoms with E-state index in [1.54, 1.807) is 32.9 Å². The molecule has 0 aromatic heterocycles. The molecule has 1 unspecified atom stereocenters. The van der Waals surface area contributed by atoms with Gasteiger partial charge in [0.15, 0.2) is 0 Å². The van der Waals surface area contributed by atoms with Crippen LogP contribution in [0.25, 0.3) is 0 Å². The van der Waals surface area contributed by atoms with Crippen molar-refractivity contribution in [2.75, 3.05) is 5.32 Å². The van der Waals surface area contributed by atoms with Gasteiger partial charge < -0.3 is 10.4 Å². The zero-order valence-electron chi connectivity index (χ0n) is 17.5. The fraction of sp³-hybridized carbons (Fsp3) is 0.391. The molecule has 0 fully saturated rings. The van der Waals surface area contributed by atoms with Crippen LogP contribution in [0.15, 0.2) is 48.5 Å². The second-order valence-electron chi connectivity index (χ2n) is 8.32. The summed E-state index contributed by atoms with van der Waals surface area (Å²) >= 11 is 0. The van der Waals surface area contributed by atoms with Crippen LogP contribution < -0.4 is 5.32 Å². The van der Waals surface area contributed by atoms with Gasteiger partial charge in [0.1, 0.15) is 6.04 Å². The van der Waals surface area contributed by atoms with Crippen molar-refractivity contribution in [1.82, 2.24) is 4.90 Å². The fourth-order valence-corrected chi connectivity index (χ4v) is 3.37. The van der Waals surface area contributed by atoms with Gasteiger partial charge in [-0.2, -0.15) is 0 Å². The highest BCUT2D eigenvalue weighted by molar-refractivity contribution is 5.98. The van der Waals surface area contributed by atoms with Crippen molar-refractivity contribution in [3.05, 3.63) is 65.2 Å². The van der Waals surface area contributed by atoms with E-state index in [-0.39, 0.29) is 11.8 Å². The van der Waals surface area contributed by atoms with Crippen molar-refractivity contribution in [3.8, 4) is 0 Å².